The summed E-state index contributed by atoms with van der Waals surface area (Å²) >= 11 is 0. The summed E-state index contributed by atoms with van der Waals surface area (Å²) in [6, 6.07) is 7.78. The third kappa shape index (κ3) is 4.10. The molecule has 1 amide bonds. The summed E-state index contributed by atoms with van der Waals surface area (Å²) in [5.41, 5.74) is 2.01. The predicted molar refractivity (Wildman–Crippen MR) is 89.3 cm³/mol. The Balaban J connectivity index is 1.50. The zero-order valence-electron chi connectivity index (χ0n) is 14.0. The first-order valence-electron chi connectivity index (χ1n) is 8.48. The number of ether oxygens (including phenoxy) is 2. The summed E-state index contributed by atoms with van der Waals surface area (Å²) in [6.45, 7) is 7.25. The molecule has 0 bridgehead atoms. The fourth-order valence-corrected chi connectivity index (χ4v) is 3.36. The average molecular weight is 318 g/mol. The van der Waals surface area contributed by atoms with Crippen LogP contribution in [0, 0.1) is 12.8 Å². The minimum atomic E-state index is -0.123. The van der Waals surface area contributed by atoms with Crippen LogP contribution in [0.4, 0.5) is 5.69 Å². The Labute approximate surface area is 137 Å². The number of amides is 1. The number of rotatable bonds is 4. The molecular weight excluding hydrogens is 292 g/mol. The van der Waals surface area contributed by atoms with Gasteiger partial charge in [-0.2, -0.15) is 0 Å². The van der Waals surface area contributed by atoms with Crippen molar-refractivity contribution < 1.29 is 14.3 Å². The summed E-state index contributed by atoms with van der Waals surface area (Å²) in [4.78, 5) is 14.7. The molecule has 5 heteroatoms. The zero-order valence-corrected chi connectivity index (χ0v) is 14.0. The molecule has 0 spiro atoms. The van der Waals surface area contributed by atoms with E-state index >= 15 is 0 Å². The quantitative estimate of drug-likeness (QED) is 0.926. The van der Waals surface area contributed by atoms with Gasteiger partial charge in [-0.3, -0.25) is 9.69 Å². The van der Waals surface area contributed by atoms with Gasteiger partial charge >= 0.3 is 0 Å². The molecule has 2 heterocycles. The summed E-state index contributed by atoms with van der Waals surface area (Å²) in [6.07, 6.45) is 2.01. The Bertz CT molecular complexity index is 535. The van der Waals surface area contributed by atoms with Gasteiger partial charge in [0.2, 0.25) is 5.91 Å². The maximum absolute atomic E-state index is 12.5. The molecule has 5 nitrogen and oxygen atoms in total. The van der Waals surface area contributed by atoms with Crippen molar-refractivity contribution in [3.8, 4) is 0 Å². The van der Waals surface area contributed by atoms with E-state index in [0.717, 1.165) is 37.2 Å². The maximum Gasteiger partial charge on any atom is 0.241 e. The zero-order chi connectivity index (χ0) is 16.2. The van der Waals surface area contributed by atoms with Crippen molar-refractivity contribution in [2.45, 2.75) is 39.0 Å². The van der Waals surface area contributed by atoms with E-state index in [4.69, 9.17) is 9.47 Å². The molecule has 2 aliphatic rings. The van der Waals surface area contributed by atoms with Gasteiger partial charge in [0.1, 0.15) is 0 Å². The molecule has 2 fully saturated rings. The second-order valence-electron chi connectivity index (χ2n) is 6.52. The molecule has 0 saturated carbocycles. The Hall–Kier alpha value is -1.43. The van der Waals surface area contributed by atoms with E-state index in [1.54, 1.807) is 0 Å². The van der Waals surface area contributed by atoms with Crippen molar-refractivity contribution in [3.05, 3.63) is 29.8 Å². The number of carbonyl (C=O) groups is 1. The van der Waals surface area contributed by atoms with Gasteiger partial charge in [-0.15, -0.1) is 0 Å². The molecule has 1 atom stereocenters. The van der Waals surface area contributed by atoms with E-state index in [1.165, 1.54) is 0 Å². The molecule has 1 unspecified atom stereocenters. The number of likely N-dealkylation sites (tertiary alicyclic amines) is 1. The van der Waals surface area contributed by atoms with Crippen LogP contribution in [-0.2, 0) is 14.3 Å². The van der Waals surface area contributed by atoms with Crippen molar-refractivity contribution in [3.63, 3.8) is 0 Å². The molecular formula is C18H26N2O3. The van der Waals surface area contributed by atoms with Gasteiger partial charge in [0, 0.05) is 11.6 Å². The van der Waals surface area contributed by atoms with Crippen molar-refractivity contribution in [2.24, 2.45) is 5.92 Å². The standard InChI is InChI=1S/C18H26N2O3/c1-13-4-3-5-16(12-13)19-17(21)14(2)20-8-6-15(7-9-20)18-22-10-11-23-18/h3-5,12,14-15,18H,6-11H2,1-2H3,(H,19,21). The van der Waals surface area contributed by atoms with Gasteiger partial charge in [-0.25, -0.2) is 0 Å². The topological polar surface area (TPSA) is 50.8 Å². The van der Waals surface area contributed by atoms with Crippen LogP contribution in [0.3, 0.4) is 0 Å². The molecule has 0 aliphatic carbocycles. The monoisotopic (exact) mass is 318 g/mol. The minimum Gasteiger partial charge on any atom is -0.350 e. The lowest BCUT2D eigenvalue weighted by molar-refractivity contribution is -0.123. The van der Waals surface area contributed by atoms with Crippen LogP contribution in [0.15, 0.2) is 24.3 Å². The summed E-state index contributed by atoms with van der Waals surface area (Å²) in [5, 5.41) is 3.02. The van der Waals surface area contributed by atoms with Gasteiger partial charge < -0.3 is 14.8 Å². The number of hydrogen-bond acceptors (Lipinski definition) is 4. The first-order chi connectivity index (χ1) is 11.1. The van der Waals surface area contributed by atoms with Crippen molar-refractivity contribution in [1.82, 2.24) is 4.90 Å². The van der Waals surface area contributed by atoms with Crippen molar-refractivity contribution in [2.75, 3.05) is 31.6 Å². The lowest BCUT2D eigenvalue weighted by Crippen LogP contribution is -2.47. The minimum absolute atomic E-state index is 0.0337. The van der Waals surface area contributed by atoms with Crippen LogP contribution >= 0.6 is 0 Å². The number of benzene rings is 1. The van der Waals surface area contributed by atoms with Crippen molar-refractivity contribution >= 4 is 11.6 Å². The third-order valence-electron chi connectivity index (χ3n) is 4.82. The van der Waals surface area contributed by atoms with E-state index in [-0.39, 0.29) is 18.2 Å². The van der Waals surface area contributed by atoms with Gasteiger partial charge in [0.25, 0.3) is 0 Å². The molecule has 2 saturated heterocycles. The van der Waals surface area contributed by atoms with E-state index < -0.39 is 0 Å². The molecule has 0 radical (unpaired) electrons. The van der Waals surface area contributed by atoms with Crippen LogP contribution in [-0.4, -0.2) is 49.4 Å². The van der Waals surface area contributed by atoms with Gasteiger partial charge in [0.15, 0.2) is 6.29 Å². The summed E-state index contributed by atoms with van der Waals surface area (Å²) in [7, 11) is 0. The number of aryl methyl sites for hydroxylation is 1. The van der Waals surface area contributed by atoms with Crippen LogP contribution in [0.5, 0.6) is 0 Å². The van der Waals surface area contributed by atoms with Gasteiger partial charge in [-0.05, 0) is 57.5 Å². The number of nitrogens with one attached hydrogen (secondary N) is 1. The first-order valence-corrected chi connectivity index (χ1v) is 8.48. The molecule has 23 heavy (non-hydrogen) atoms. The highest BCUT2D eigenvalue weighted by Gasteiger charge is 2.33. The van der Waals surface area contributed by atoms with Crippen LogP contribution < -0.4 is 5.32 Å². The number of piperidine rings is 1. The normalized spacial score (nSPS) is 22.2. The molecule has 3 rings (SSSR count). The average Bonchev–Trinajstić information content (AvgIpc) is 3.09. The molecule has 1 aromatic rings. The second-order valence-corrected chi connectivity index (χ2v) is 6.52. The lowest BCUT2D eigenvalue weighted by atomic mass is 9.95. The predicted octanol–water partition coefficient (Wildman–Crippen LogP) is 2.41. The van der Waals surface area contributed by atoms with Gasteiger partial charge in [-0.1, -0.05) is 12.1 Å². The van der Waals surface area contributed by atoms with E-state index in [0.29, 0.717) is 19.1 Å². The molecule has 2 aliphatic heterocycles. The number of carbonyl (C=O) groups excluding carboxylic acids is 1. The number of nitrogens with zero attached hydrogens (tertiary/aromatic N) is 1. The smallest absolute Gasteiger partial charge is 0.241 e. The summed E-state index contributed by atoms with van der Waals surface area (Å²) in [5.74, 6) is 0.517. The van der Waals surface area contributed by atoms with E-state index in [2.05, 4.69) is 10.2 Å². The van der Waals surface area contributed by atoms with Gasteiger partial charge in [0.05, 0.1) is 19.3 Å². The highest BCUT2D eigenvalue weighted by Crippen LogP contribution is 2.26. The number of anilines is 1. The fourth-order valence-electron chi connectivity index (χ4n) is 3.36. The van der Waals surface area contributed by atoms with E-state index in [9.17, 15) is 4.79 Å². The van der Waals surface area contributed by atoms with Crippen LogP contribution in [0.2, 0.25) is 0 Å². The molecule has 126 valence electrons. The molecule has 1 N–H and O–H groups in total. The Kier molecular flexibility index (Phi) is 5.30. The van der Waals surface area contributed by atoms with E-state index in [1.807, 2.05) is 38.1 Å². The lowest BCUT2D eigenvalue weighted by Gasteiger charge is -2.36. The van der Waals surface area contributed by atoms with Crippen molar-refractivity contribution in [1.29, 1.82) is 0 Å². The maximum atomic E-state index is 12.5. The highest BCUT2D eigenvalue weighted by atomic mass is 16.7. The molecule has 1 aromatic carbocycles. The third-order valence-corrected chi connectivity index (χ3v) is 4.82. The SMILES string of the molecule is Cc1cccc(NC(=O)C(C)N2CCC(C3OCCO3)CC2)c1. The first kappa shape index (κ1) is 16.4. The second kappa shape index (κ2) is 7.43. The van der Waals surface area contributed by atoms with Crippen LogP contribution in [0.1, 0.15) is 25.3 Å². The number of hydrogen-bond donors (Lipinski definition) is 1. The summed E-state index contributed by atoms with van der Waals surface area (Å²) < 4.78 is 11.2. The van der Waals surface area contributed by atoms with Crippen LogP contribution in [0.25, 0.3) is 0 Å². The Morgan fingerprint density at radius 3 is 2.61 bits per heavy atom. The molecule has 0 aromatic heterocycles. The highest BCUT2D eigenvalue weighted by molar-refractivity contribution is 5.94. The Morgan fingerprint density at radius 1 is 1.26 bits per heavy atom. The Morgan fingerprint density at radius 2 is 1.96 bits per heavy atom. The largest absolute Gasteiger partial charge is 0.350 e. The fraction of sp³-hybridized carbons (Fsp3) is 0.611.